The van der Waals surface area contributed by atoms with Crippen LogP contribution in [0.3, 0.4) is 0 Å². The van der Waals surface area contributed by atoms with Gasteiger partial charge in [0.15, 0.2) is 5.82 Å². The molecule has 0 atom stereocenters. The first-order valence-corrected chi connectivity index (χ1v) is 10.0. The van der Waals surface area contributed by atoms with E-state index in [1.54, 1.807) is 6.07 Å². The molecule has 10 nitrogen and oxygen atoms in total. The molecule has 1 aliphatic carbocycles. The second-order valence-electron chi connectivity index (χ2n) is 7.97. The number of H-pyrrole nitrogens is 1. The summed E-state index contributed by atoms with van der Waals surface area (Å²) < 4.78 is 46.6. The molecule has 3 rings (SSSR count). The molecule has 0 radical (unpaired) electrons. The number of carbonyl (C=O) groups excluding carboxylic acids is 2. The first-order valence-electron chi connectivity index (χ1n) is 10.0. The number of hydrogen-bond donors (Lipinski definition) is 3. The van der Waals surface area contributed by atoms with Crippen molar-refractivity contribution in [3.63, 3.8) is 0 Å². The molecule has 1 saturated carbocycles. The van der Waals surface area contributed by atoms with Crippen molar-refractivity contribution in [2.24, 2.45) is 13.0 Å². The first-order chi connectivity index (χ1) is 15.0. The minimum absolute atomic E-state index is 0.0152. The normalized spacial score (nSPS) is 18.3. The van der Waals surface area contributed by atoms with Crippen LogP contribution in [-0.2, 0) is 23.1 Å². The highest BCUT2D eigenvalue weighted by Gasteiger charge is 2.33. The molecule has 1 aliphatic rings. The Morgan fingerprint density at radius 1 is 1.31 bits per heavy atom. The van der Waals surface area contributed by atoms with Gasteiger partial charge < -0.3 is 15.4 Å². The topological polar surface area (TPSA) is 123 Å². The fraction of sp³-hybridized carbons (Fsp3) is 0.579. The molecule has 0 aromatic carbocycles. The van der Waals surface area contributed by atoms with Gasteiger partial charge in [-0.3, -0.25) is 19.3 Å². The zero-order valence-corrected chi connectivity index (χ0v) is 17.8. The molecule has 1 fully saturated rings. The van der Waals surface area contributed by atoms with Crippen LogP contribution in [0.1, 0.15) is 54.5 Å². The van der Waals surface area contributed by atoms with Crippen LogP contribution in [0.5, 0.6) is 0 Å². The van der Waals surface area contributed by atoms with Crippen LogP contribution in [0.15, 0.2) is 12.1 Å². The predicted octanol–water partition coefficient (Wildman–Crippen LogP) is 3.06. The summed E-state index contributed by atoms with van der Waals surface area (Å²) in [4.78, 5) is 24.0. The lowest BCUT2D eigenvalue weighted by Gasteiger charge is -2.34. The number of aryl methyl sites for hydroxylation is 1. The van der Waals surface area contributed by atoms with Gasteiger partial charge in [-0.25, -0.2) is 4.79 Å². The number of anilines is 1. The zero-order valence-electron chi connectivity index (χ0n) is 17.8. The Morgan fingerprint density at radius 2 is 2.03 bits per heavy atom. The number of rotatable bonds is 8. The molecule has 2 amide bonds. The Bertz CT molecular complexity index is 949. The molecule has 0 aliphatic heterocycles. The van der Waals surface area contributed by atoms with E-state index in [-0.39, 0.29) is 35.1 Å². The Kier molecular flexibility index (Phi) is 7.06. The monoisotopic (exact) mass is 458 g/mol. The molecular formula is C19H25F3N6O4. The summed E-state index contributed by atoms with van der Waals surface area (Å²) in [6.07, 6.45) is -3.58. The van der Waals surface area contributed by atoms with Crippen molar-refractivity contribution < 1.29 is 32.2 Å². The number of nitrogens with zero attached hydrogens (tertiary/aromatic N) is 3. The Hall–Kier alpha value is -3.09. The van der Waals surface area contributed by atoms with Crippen LogP contribution in [0.2, 0.25) is 0 Å². The SMILES string of the molecule is CC(C)NC(=O)OCC1CC(c2cc(NC(=O)c3cc(COC(F)(F)F)nn3C)n[nH]2)C1. The third-order valence-electron chi connectivity index (χ3n) is 4.92. The van der Waals surface area contributed by atoms with Crippen molar-refractivity contribution in [3.05, 3.63) is 29.2 Å². The lowest BCUT2D eigenvalue weighted by Crippen LogP contribution is -2.34. The number of hydrogen-bond acceptors (Lipinski definition) is 6. The molecule has 0 spiro atoms. The predicted molar refractivity (Wildman–Crippen MR) is 106 cm³/mol. The molecule has 0 bridgehead atoms. The van der Waals surface area contributed by atoms with E-state index in [4.69, 9.17) is 4.74 Å². The van der Waals surface area contributed by atoms with Crippen LogP contribution in [0.4, 0.5) is 23.8 Å². The molecule has 2 heterocycles. The average molecular weight is 458 g/mol. The minimum Gasteiger partial charge on any atom is -0.449 e. The van der Waals surface area contributed by atoms with Gasteiger partial charge in [0.2, 0.25) is 0 Å². The van der Waals surface area contributed by atoms with E-state index in [1.165, 1.54) is 17.8 Å². The number of alkyl halides is 3. The van der Waals surface area contributed by atoms with Gasteiger partial charge in [-0.15, -0.1) is 13.2 Å². The van der Waals surface area contributed by atoms with E-state index < -0.39 is 25.0 Å². The fourth-order valence-electron chi connectivity index (χ4n) is 3.35. The Morgan fingerprint density at radius 3 is 2.69 bits per heavy atom. The number of ether oxygens (including phenoxy) is 2. The van der Waals surface area contributed by atoms with E-state index >= 15 is 0 Å². The van der Waals surface area contributed by atoms with E-state index in [0.29, 0.717) is 6.61 Å². The molecule has 2 aromatic heterocycles. The fourth-order valence-corrected chi connectivity index (χ4v) is 3.35. The van der Waals surface area contributed by atoms with Crippen molar-refractivity contribution in [1.29, 1.82) is 0 Å². The molecule has 32 heavy (non-hydrogen) atoms. The van der Waals surface area contributed by atoms with E-state index in [0.717, 1.165) is 18.5 Å². The number of aromatic nitrogens is 4. The van der Waals surface area contributed by atoms with Gasteiger partial charge >= 0.3 is 12.5 Å². The smallest absolute Gasteiger partial charge is 0.449 e. The maximum Gasteiger partial charge on any atom is 0.522 e. The molecule has 176 valence electrons. The molecule has 0 unspecified atom stereocenters. The van der Waals surface area contributed by atoms with Crippen LogP contribution >= 0.6 is 0 Å². The molecule has 0 saturated heterocycles. The number of carbonyl (C=O) groups is 2. The minimum atomic E-state index is -4.78. The van der Waals surface area contributed by atoms with Crippen molar-refractivity contribution >= 4 is 17.8 Å². The summed E-state index contributed by atoms with van der Waals surface area (Å²) in [6.45, 7) is 3.26. The highest BCUT2D eigenvalue weighted by molar-refractivity contribution is 6.02. The largest absolute Gasteiger partial charge is 0.522 e. The van der Waals surface area contributed by atoms with E-state index in [1.807, 2.05) is 13.8 Å². The number of amides is 2. The van der Waals surface area contributed by atoms with Crippen LogP contribution in [-0.4, -0.2) is 51.0 Å². The number of halogens is 3. The van der Waals surface area contributed by atoms with Crippen LogP contribution < -0.4 is 10.6 Å². The van der Waals surface area contributed by atoms with Gasteiger partial charge in [0.1, 0.15) is 12.3 Å². The summed E-state index contributed by atoms with van der Waals surface area (Å²) in [6, 6.07) is 2.94. The molecule has 13 heteroatoms. The van der Waals surface area contributed by atoms with Gasteiger partial charge in [0, 0.05) is 30.8 Å². The average Bonchev–Trinajstić information content (AvgIpc) is 3.24. The van der Waals surface area contributed by atoms with Crippen LogP contribution in [0.25, 0.3) is 0 Å². The molecule has 2 aromatic rings. The molecule has 3 N–H and O–H groups in total. The van der Waals surface area contributed by atoms with Crippen molar-refractivity contribution in [1.82, 2.24) is 25.3 Å². The maximum atomic E-state index is 12.4. The van der Waals surface area contributed by atoms with Gasteiger partial charge in [0.05, 0.1) is 12.3 Å². The van der Waals surface area contributed by atoms with Gasteiger partial charge in [-0.1, -0.05) is 0 Å². The summed E-state index contributed by atoms with van der Waals surface area (Å²) in [7, 11) is 1.44. The highest BCUT2D eigenvalue weighted by Crippen LogP contribution is 2.41. The quantitative estimate of drug-likeness (QED) is 0.559. The number of nitrogens with one attached hydrogen (secondary N) is 3. The van der Waals surface area contributed by atoms with Gasteiger partial charge in [0.25, 0.3) is 5.91 Å². The second-order valence-corrected chi connectivity index (χ2v) is 7.97. The Balaban J connectivity index is 1.47. The zero-order chi connectivity index (χ0) is 23.5. The second kappa shape index (κ2) is 9.59. The summed E-state index contributed by atoms with van der Waals surface area (Å²) in [5.41, 5.74) is 0.880. The summed E-state index contributed by atoms with van der Waals surface area (Å²) >= 11 is 0. The highest BCUT2D eigenvalue weighted by atomic mass is 19.4. The first kappa shape index (κ1) is 23.6. The molecular weight excluding hydrogens is 433 g/mol. The maximum absolute atomic E-state index is 12.4. The summed E-state index contributed by atoms with van der Waals surface area (Å²) in [5, 5.41) is 16.1. The van der Waals surface area contributed by atoms with Crippen molar-refractivity contribution in [2.75, 3.05) is 11.9 Å². The van der Waals surface area contributed by atoms with Gasteiger partial charge in [-0.05, 0) is 38.7 Å². The lowest BCUT2D eigenvalue weighted by molar-refractivity contribution is -0.330. The Labute approximate surface area is 181 Å². The van der Waals surface area contributed by atoms with Crippen LogP contribution in [0, 0.1) is 5.92 Å². The van der Waals surface area contributed by atoms with Gasteiger partial charge in [-0.2, -0.15) is 10.2 Å². The number of alkyl carbamates (subject to hydrolysis) is 1. The lowest BCUT2D eigenvalue weighted by atomic mass is 9.74. The van der Waals surface area contributed by atoms with E-state index in [2.05, 4.69) is 30.7 Å². The number of aromatic amines is 1. The summed E-state index contributed by atoms with van der Waals surface area (Å²) in [5.74, 6) is 0.187. The van der Waals surface area contributed by atoms with Crippen molar-refractivity contribution in [2.45, 2.75) is 51.6 Å². The third-order valence-corrected chi connectivity index (χ3v) is 4.92. The van der Waals surface area contributed by atoms with Crippen molar-refractivity contribution in [3.8, 4) is 0 Å². The van der Waals surface area contributed by atoms with E-state index in [9.17, 15) is 22.8 Å². The standard InChI is InChI=1S/C19H25F3N6O4/c1-10(2)23-18(30)31-8-11-4-12(5-11)14-7-16(26-25-14)24-17(29)15-6-13(27-28(15)3)9-32-19(20,21)22/h6-7,10-12H,4-5,8-9H2,1-3H3,(H,23,30)(H2,24,25,26,29). The third kappa shape index (κ3) is 6.45.